The third-order valence-corrected chi connectivity index (χ3v) is 3.35. The Labute approximate surface area is 118 Å². The van der Waals surface area contributed by atoms with E-state index >= 15 is 0 Å². The molecule has 2 heterocycles. The van der Waals surface area contributed by atoms with Gasteiger partial charge in [-0.05, 0) is 34.0 Å². The Kier molecular flexibility index (Phi) is 3.84. The monoisotopic (exact) mass is 324 g/mol. The first-order chi connectivity index (χ1) is 9.00. The lowest BCUT2D eigenvalue weighted by Crippen LogP contribution is -2.14. The van der Waals surface area contributed by atoms with Gasteiger partial charge in [-0.1, -0.05) is 13.8 Å². The number of halogens is 1. The van der Waals surface area contributed by atoms with Crippen molar-refractivity contribution in [2.24, 2.45) is 0 Å². The fraction of sp³-hybridized carbons (Fsp3) is 0.250. The van der Waals surface area contributed by atoms with Gasteiger partial charge in [-0.3, -0.25) is 9.89 Å². The Hall–Kier alpha value is -1.89. The maximum absolute atomic E-state index is 12.0. The number of rotatable bonds is 3. The number of amides is 1. The highest BCUT2D eigenvalue weighted by Crippen LogP contribution is 2.26. The Balaban J connectivity index is 2.24. The quantitative estimate of drug-likeness (QED) is 0.809. The zero-order valence-corrected chi connectivity index (χ0v) is 12.0. The van der Waals surface area contributed by atoms with Crippen molar-refractivity contribution in [3.8, 4) is 5.75 Å². The number of nitrogens with zero attached hydrogens (tertiary/aromatic N) is 2. The molecule has 0 aliphatic rings. The van der Waals surface area contributed by atoms with Gasteiger partial charge in [0.05, 0.1) is 10.2 Å². The number of pyridine rings is 1. The van der Waals surface area contributed by atoms with Gasteiger partial charge < -0.3 is 10.4 Å². The maximum Gasteiger partial charge on any atom is 0.278 e. The number of carbonyl (C=O) groups excluding carboxylic acids is 1. The number of nitrogens with one attached hydrogen (secondary N) is 2. The number of hydrogen-bond donors (Lipinski definition) is 3. The highest BCUT2D eigenvalue weighted by Gasteiger charge is 2.20. The van der Waals surface area contributed by atoms with E-state index in [1.54, 1.807) is 6.07 Å². The van der Waals surface area contributed by atoms with E-state index in [1.165, 1.54) is 12.3 Å². The highest BCUT2D eigenvalue weighted by molar-refractivity contribution is 9.10. The molecule has 3 N–H and O–H groups in total. The molecule has 19 heavy (non-hydrogen) atoms. The van der Waals surface area contributed by atoms with Crippen molar-refractivity contribution in [2.75, 3.05) is 5.32 Å². The number of H-pyrrole nitrogens is 1. The average Bonchev–Trinajstić information content (AvgIpc) is 2.74. The lowest BCUT2D eigenvalue weighted by Gasteiger charge is -2.04. The first-order valence-electron chi connectivity index (χ1n) is 5.69. The summed E-state index contributed by atoms with van der Waals surface area (Å²) in [6.07, 6.45) is 1.48. The first kappa shape index (κ1) is 13.5. The van der Waals surface area contributed by atoms with Crippen molar-refractivity contribution >= 4 is 27.7 Å². The molecule has 0 radical (unpaired) electrons. The lowest BCUT2D eigenvalue weighted by molar-refractivity contribution is 0.102. The van der Waals surface area contributed by atoms with Crippen LogP contribution in [0.2, 0.25) is 0 Å². The molecule has 0 fully saturated rings. The lowest BCUT2D eigenvalue weighted by atomic mass is 10.1. The minimum absolute atomic E-state index is 0.0911. The zero-order valence-electron chi connectivity index (χ0n) is 10.4. The van der Waals surface area contributed by atoms with Crippen molar-refractivity contribution in [1.82, 2.24) is 15.2 Å². The first-order valence-corrected chi connectivity index (χ1v) is 6.49. The topological polar surface area (TPSA) is 90.9 Å². The molecule has 2 aromatic heterocycles. The summed E-state index contributed by atoms with van der Waals surface area (Å²) in [5.74, 6) is -0.212. The summed E-state index contributed by atoms with van der Waals surface area (Å²) in [6.45, 7) is 3.98. The number of anilines is 1. The van der Waals surface area contributed by atoms with Crippen LogP contribution in [-0.4, -0.2) is 26.2 Å². The van der Waals surface area contributed by atoms with Gasteiger partial charge in [-0.25, -0.2) is 4.98 Å². The Morgan fingerprint density at radius 3 is 2.84 bits per heavy atom. The molecule has 0 atom stereocenters. The third kappa shape index (κ3) is 2.76. The largest absolute Gasteiger partial charge is 0.504 e. The van der Waals surface area contributed by atoms with Crippen LogP contribution in [0.1, 0.15) is 35.9 Å². The summed E-state index contributed by atoms with van der Waals surface area (Å²) < 4.78 is 0.621. The molecule has 0 aromatic carbocycles. The maximum atomic E-state index is 12.0. The second kappa shape index (κ2) is 5.40. The Morgan fingerprint density at radius 1 is 1.53 bits per heavy atom. The molecular weight excluding hydrogens is 312 g/mol. The zero-order chi connectivity index (χ0) is 14.0. The molecule has 1 amide bonds. The van der Waals surface area contributed by atoms with E-state index in [0.717, 1.165) is 5.69 Å². The molecule has 6 nitrogen and oxygen atoms in total. The molecule has 0 saturated carbocycles. The predicted octanol–water partition coefficient (Wildman–Crippen LogP) is 2.65. The minimum atomic E-state index is -0.441. The third-order valence-electron chi connectivity index (χ3n) is 2.54. The standard InChI is InChI=1S/C12H13BrN4O2/c1-6(2)9-8(13)10(17-16-9)12(19)15-11-7(18)4-3-5-14-11/h3-6,18H,1-2H3,(H,16,17)(H,14,15,19). The summed E-state index contributed by atoms with van der Waals surface area (Å²) in [7, 11) is 0. The van der Waals surface area contributed by atoms with E-state index in [-0.39, 0.29) is 23.2 Å². The van der Waals surface area contributed by atoms with Crippen LogP contribution in [0.15, 0.2) is 22.8 Å². The van der Waals surface area contributed by atoms with Gasteiger partial charge in [0.1, 0.15) is 0 Å². The fourth-order valence-corrected chi connectivity index (χ4v) is 2.35. The van der Waals surface area contributed by atoms with E-state index in [2.05, 4.69) is 36.4 Å². The highest BCUT2D eigenvalue weighted by atomic mass is 79.9. The molecule has 0 bridgehead atoms. The van der Waals surface area contributed by atoms with Crippen LogP contribution in [0.4, 0.5) is 5.82 Å². The van der Waals surface area contributed by atoms with Crippen molar-refractivity contribution in [3.05, 3.63) is 34.2 Å². The van der Waals surface area contributed by atoms with Gasteiger partial charge in [0.2, 0.25) is 0 Å². The van der Waals surface area contributed by atoms with Gasteiger partial charge in [0.25, 0.3) is 5.91 Å². The van der Waals surface area contributed by atoms with Gasteiger partial charge >= 0.3 is 0 Å². The van der Waals surface area contributed by atoms with E-state index in [1.807, 2.05) is 13.8 Å². The summed E-state index contributed by atoms with van der Waals surface area (Å²) in [4.78, 5) is 15.9. The predicted molar refractivity (Wildman–Crippen MR) is 74.2 cm³/mol. The molecular formula is C12H13BrN4O2. The normalized spacial score (nSPS) is 10.7. The molecule has 0 unspecified atom stereocenters. The van der Waals surface area contributed by atoms with Crippen LogP contribution in [0.5, 0.6) is 5.75 Å². The minimum Gasteiger partial charge on any atom is -0.504 e. The van der Waals surface area contributed by atoms with Gasteiger partial charge in [-0.2, -0.15) is 5.10 Å². The number of carbonyl (C=O) groups is 1. The molecule has 2 aromatic rings. The molecule has 0 saturated heterocycles. The molecule has 100 valence electrons. The van der Waals surface area contributed by atoms with E-state index in [4.69, 9.17) is 0 Å². The number of aromatic hydroxyl groups is 1. The number of aromatic amines is 1. The number of aromatic nitrogens is 3. The molecule has 0 aliphatic carbocycles. The van der Waals surface area contributed by atoms with Crippen molar-refractivity contribution in [2.45, 2.75) is 19.8 Å². The Bertz CT molecular complexity index is 610. The smallest absolute Gasteiger partial charge is 0.278 e. The van der Waals surface area contributed by atoms with Crippen LogP contribution in [0.3, 0.4) is 0 Å². The second-order valence-corrected chi connectivity index (χ2v) is 5.07. The van der Waals surface area contributed by atoms with E-state index < -0.39 is 5.91 Å². The van der Waals surface area contributed by atoms with Crippen LogP contribution < -0.4 is 5.32 Å². The fourth-order valence-electron chi connectivity index (χ4n) is 1.53. The molecule has 7 heteroatoms. The summed E-state index contributed by atoms with van der Waals surface area (Å²) >= 11 is 3.35. The van der Waals surface area contributed by atoms with Crippen LogP contribution >= 0.6 is 15.9 Å². The van der Waals surface area contributed by atoms with Gasteiger partial charge in [0, 0.05) is 6.20 Å². The average molecular weight is 325 g/mol. The Morgan fingerprint density at radius 2 is 2.26 bits per heavy atom. The van der Waals surface area contributed by atoms with Gasteiger partial charge in [0.15, 0.2) is 17.3 Å². The summed E-state index contributed by atoms with van der Waals surface area (Å²) in [6, 6.07) is 3.02. The SMILES string of the molecule is CC(C)c1[nH]nc(C(=O)Nc2ncccc2O)c1Br. The van der Waals surface area contributed by atoms with E-state index in [0.29, 0.717) is 4.47 Å². The van der Waals surface area contributed by atoms with Crippen LogP contribution in [-0.2, 0) is 0 Å². The van der Waals surface area contributed by atoms with Crippen molar-refractivity contribution in [1.29, 1.82) is 0 Å². The molecule has 0 aliphatic heterocycles. The van der Waals surface area contributed by atoms with Crippen molar-refractivity contribution in [3.63, 3.8) is 0 Å². The molecule has 2 rings (SSSR count). The molecule has 0 spiro atoms. The van der Waals surface area contributed by atoms with Gasteiger partial charge in [-0.15, -0.1) is 0 Å². The van der Waals surface area contributed by atoms with Crippen LogP contribution in [0.25, 0.3) is 0 Å². The summed E-state index contributed by atoms with van der Waals surface area (Å²) in [5.41, 5.74) is 1.07. The second-order valence-electron chi connectivity index (χ2n) is 4.28. The number of hydrogen-bond acceptors (Lipinski definition) is 4. The van der Waals surface area contributed by atoms with Crippen molar-refractivity contribution < 1.29 is 9.90 Å². The van der Waals surface area contributed by atoms with E-state index in [9.17, 15) is 9.90 Å². The van der Waals surface area contributed by atoms with Crippen LogP contribution in [0, 0.1) is 0 Å². The summed E-state index contributed by atoms with van der Waals surface area (Å²) in [5, 5.41) is 18.8.